The predicted molar refractivity (Wildman–Crippen MR) is 87.1 cm³/mol. The number of primary amides is 1. The van der Waals surface area contributed by atoms with Crippen LogP contribution in [0, 0.1) is 5.92 Å². The summed E-state index contributed by atoms with van der Waals surface area (Å²) in [5, 5.41) is 3.38. The zero-order valence-corrected chi connectivity index (χ0v) is 14.1. The second-order valence-corrected chi connectivity index (χ2v) is 6.51. The van der Waals surface area contributed by atoms with Crippen LogP contribution < -0.4 is 11.1 Å². The average Bonchev–Trinajstić information content (AvgIpc) is 3.29. The van der Waals surface area contributed by atoms with E-state index in [9.17, 15) is 4.79 Å². The van der Waals surface area contributed by atoms with Gasteiger partial charge < -0.3 is 15.8 Å². The van der Waals surface area contributed by atoms with E-state index in [0.717, 1.165) is 32.2 Å². The van der Waals surface area contributed by atoms with Crippen LogP contribution in [0.25, 0.3) is 0 Å². The Morgan fingerprint density at radius 1 is 1.29 bits per heavy atom. The minimum Gasteiger partial charge on any atom is -0.376 e. The molecule has 2 unspecified atom stereocenters. The number of rotatable bonds is 13. The number of nitrogens with one attached hydrogen (secondary N) is 1. The SMILES string of the molecule is CCCCCCC(C)OCC(NCCC)(C(N)=O)C1CC1. The molecule has 3 N–H and O–H groups in total. The highest BCUT2D eigenvalue weighted by Gasteiger charge is 2.49. The molecule has 1 fully saturated rings. The molecular formula is C17H34N2O2. The molecule has 1 rings (SSSR count). The fourth-order valence-electron chi connectivity index (χ4n) is 2.81. The normalized spacial score (nSPS) is 19.2. The van der Waals surface area contributed by atoms with E-state index < -0.39 is 5.54 Å². The van der Waals surface area contributed by atoms with E-state index in [1.54, 1.807) is 0 Å². The lowest BCUT2D eigenvalue weighted by molar-refractivity contribution is -0.129. The highest BCUT2D eigenvalue weighted by Crippen LogP contribution is 2.40. The molecule has 0 spiro atoms. The van der Waals surface area contributed by atoms with Crippen LogP contribution >= 0.6 is 0 Å². The quantitative estimate of drug-likeness (QED) is 0.514. The van der Waals surface area contributed by atoms with E-state index >= 15 is 0 Å². The maximum atomic E-state index is 12.0. The number of unbranched alkanes of at least 4 members (excludes halogenated alkanes) is 3. The van der Waals surface area contributed by atoms with Gasteiger partial charge >= 0.3 is 0 Å². The minimum atomic E-state index is -0.645. The molecule has 0 aliphatic heterocycles. The van der Waals surface area contributed by atoms with Gasteiger partial charge in [0, 0.05) is 0 Å². The van der Waals surface area contributed by atoms with Gasteiger partial charge in [0.2, 0.25) is 5.91 Å². The second-order valence-electron chi connectivity index (χ2n) is 6.51. The van der Waals surface area contributed by atoms with E-state index in [-0.39, 0.29) is 12.0 Å². The van der Waals surface area contributed by atoms with Crippen LogP contribution in [-0.2, 0) is 9.53 Å². The standard InChI is InChI=1S/C17H34N2O2/c1-4-6-7-8-9-14(3)21-13-17(16(18)20,15-10-11-15)19-12-5-2/h14-15,19H,4-13H2,1-3H3,(H2,18,20). The van der Waals surface area contributed by atoms with Crippen molar-refractivity contribution in [1.82, 2.24) is 5.32 Å². The molecule has 1 aliphatic rings. The number of ether oxygens (including phenoxy) is 1. The molecule has 0 bridgehead atoms. The first-order valence-corrected chi connectivity index (χ1v) is 8.73. The van der Waals surface area contributed by atoms with Crippen LogP contribution in [0.3, 0.4) is 0 Å². The minimum absolute atomic E-state index is 0.197. The lowest BCUT2D eigenvalue weighted by Crippen LogP contribution is -2.61. The van der Waals surface area contributed by atoms with Crippen molar-refractivity contribution in [2.45, 2.75) is 83.8 Å². The summed E-state index contributed by atoms with van der Waals surface area (Å²) < 4.78 is 5.98. The summed E-state index contributed by atoms with van der Waals surface area (Å²) in [4.78, 5) is 12.0. The lowest BCUT2D eigenvalue weighted by atomic mass is 9.92. The number of hydrogen-bond acceptors (Lipinski definition) is 3. The van der Waals surface area contributed by atoms with Gasteiger partial charge in [-0.05, 0) is 45.1 Å². The summed E-state index contributed by atoms with van der Waals surface area (Å²) >= 11 is 0. The maximum absolute atomic E-state index is 12.0. The third-order valence-electron chi connectivity index (χ3n) is 4.46. The van der Waals surface area contributed by atoms with Crippen molar-refractivity contribution in [3.8, 4) is 0 Å². The third kappa shape index (κ3) is 5.95. The van der Waals surface area contributed by atoms with Gasteiger partial charge in [-0.15, -0.1) is 0 Å². The van der Waals surface area contributed by atoms with Gasteiger partial charge in [0.1, 0.15) is 5.54 Å². The summed E-state index contributed by atoms with van der Waals surface area (Å²) in [5.41, 5.74) is 5.05. The van der Waals surface area contributed by atoms with Crippen molar-refractivity contribution in [3.05, 3.63) is 0 Å². The van der Waals surface area contributed by atoms with Crippen LogP contribution in [0.1, 0.15) is 72.1 Å². The van der Waals surface area contributed by atoms with E-state index in [0.29, 0.717) is 12.5 Å². The molecule has 4 nitrogen and oxygen atoms in total. The van der Waals surface area contributed by atoms with Gasteiger partial charge in [-0.2, -0.15) is 0 Å². The lowest BCUT2D eigenvalue weighted by Gasteiger charge is -2.33. The summed E-state index contributed by atoms with van der Waals surface area (Å²) in [6, 6.07) is 0. The Morgan fingerprint density at radius 2 is 2.00 bits per heavy atom. The summed E-state index contributed by atoms with van der Waals surface area (Å²) in [7, 11) is 0. The summed E-state index contributed by atoms with van der Waals surface area (Å²) in [6.07, 6.45) is 9.42. The number of hydrogen-bond donors (Lipinski definition) is 2. The highest BCUT2D eigenvalue weighted by atomic mass is 16.5. The van der Waals surface area contributed by atoms with Gasteiger partial charge in [0.05, 0.1) is 12.7 Å². The van der Waals surface area contributed by atoms with Crippen LogP contribution in [-0.4, -0.2) is 30.7 Å². The number of carbonyl (C=O) groups is 1. The Hall–Kier alpha value is -0.610. The first-order valence-electron chi connectivity index (χ1n) is 8.73. The summed E-state index contributed by atoms with van der Waals surface area (Å²) in [5.74, 6) is 0.102. The molecule has 0 saturated heterocycles. The molecule has 2 atom stereocenters. The average molecular weight is 298 g/mol. The van der Waals surface area contributed by atoms with Gasteiger partial charge in [-0.1, -0.05) is 39.5 Å². The van der Waals surface area contributed by atoms with Crippen LogP contribution in [0.2, 0.25) is 0 Å². The fourth-order valence-corrected chi connectivity index (χ4v) is 2.81. The first-order chi connectivity index (χ1) is 10.1. The monoisotopic (exact) mass is 298 g/mol. The van der Waals surface area contributed by atoms with Gasteiger partial charge in [0.15, 0.2) is 0 Å². The van der Waals surface area contributed by atoms with Crippen LogP contribution in [0.5, 0.6) is 0 Å². The van der Waals surface area contributed by atoms with E-state index in [4.69, 9.17) is 10.5 Å². The van der Waals surface area contributed by atoms with Crippen molar-refractivity contribution in [2.75, 3.05) is 13.2 Å². The molecule has 21 heavy (non-hydrogen) atoms. The molecule has 0 aromatic carbocycles. The zero-order valence-electron chi connectivity index (χ0n) is 14.1. The molecule has 124 valence electrons. The number of carbonyl (C=O) groups excluding carboxylic acids is 1. The van der Waals surface area contributed by atoms with Crippen LogP contribution in [0.15, 0.2) is 0 Å². The van der Waals surface area contributed by atoms with E-state index in [1.807, 2.05) is 0 Å². The molecule has 1 aliphatic carbocycles. The van der Waals surface area contributed by atoms with Crippen molar-refractivity contribution < 1.29 is 9.53 Å². The smallest absolute Gasteiger partial charge is 0.240 e. The van der Waals surface area contributed by atoms with Gasteiger partial charge in [-0.25, -0.2) is 0 Å². The molecular weight excluding hydrogens is 264 g/mol. The first kappa shape index (κ1) is 18.4. The predicted octanol–water partition coefficient (Wildman–Crippen LogP) is 3.00. The maximum Gasteiger partial charge on any atom is 0.240 e. The Labute approximate surface area is 130 Å². The highest BCUT2D eigenvalue weighted by molar-refractivity contribution is 5.85. The molecule has 4 heteroatoms. The zero-order chi connectivity index (χ0) is 15.7. The Kier molecular flexibility index (Phi) is 8.27. The van der Waals surface area contributed by atoms with Gasteiger partial charge in [0.25, 0.3) is 0 Å². The van der Waals surface area contributed by atoms with Crippen molar-refractivity contribution in [3.63, 3.8) is 0 Å². The Bertz CT molecular complexity index is 305. The van der Waals surface area contributed by atoms with Gasteiger partial charge in [-0.3, -0.25) is 4.79 Å². The third-order valence-corrected chi connectivity index (χ3v) is 4.46. The van der Waals surface area contributed by atoms with E-state index in [2.05, 4.69) is 26.1 Å². The Morgan fingerprint density at radius 3 is 2.52 bits per heavy atom. The Balaban J connectivity index is 2.43. The molecule has 0 heterocycles. The van der Waals surface area contributed by atoms with Crippen molar-refractivity contribution >= 4 is 5.91 Å². The number of nitrogens with two attached hydrogens (primary N) is 1. The number of amides is 1. The molecule has 0 aromatic rings. The van der Waals surface area contributed by atoms with E-state index in [1.165, 1.54) is 25.7 Å². The molecule has 0 radical (unpaired) electrons. The largest absolute Gasteiger partial charge is 0.376 e. The molecule has 0 aromatic heterocycles. The molecule has 1 saturated carbocycles. The second kappa shape index (κ2) is 9.42. The molecule has 1 amide bonds. The van der Waals surface area contributed by atoms with Crippen LogP contribution in [0.4, 0.5) is 0 Å². The van der Waals surface area contributed by atoms with Crippen molar-refractivity contribution in [2.24, 2.45) is 11.7 Å². The summed E-state index contributed by atoms with van der Waals surface area (Å²) in [6.45, 7) is 7.65. The topological polar surface area (TPSA) is 64.3 Å². The van der Waals surface area contributed by atoms with Crippen molar-refractivity contribution in [1.29, 1.82) is 0 Å². The fraction of sp³-hybridized carbons (Fsp3) is 0.941.